The third-order valence-corrected chi connectivity index (χ3v) is 2.73. The van der Waals surface area contributed by atoms with Crippen molar-refractivity contribution in [2.24, 2.45) is 5.73 Å². The van der Waals surface area contributed by atoms with E-state index in [0.717, 1.165) is 12.8 Å². The normalized spacial score (nSPS) is 36.0. The van der Waals surface area contributed by atoms with Gasteiger partial charge in [0, 0.05) is 14.2 Å². The second-order valence-electron chi connectivity index (χ2n) is 3.79. The van der Waals surface area contributed by atoms with E-state index in [2.05, 4.69) is 0 Å². The van der Waals surface area contributed by atoms with E-state index in [-0.39, 0.29) is 18.3 Å². The summed E-state index contributed by atoms with van der Waals surface area (Å²) in [6.45, 7) is 1.02. The summed E-state index contributed by atoms with van der Waals surface area (Å²) in [5.41, 5.74) is 5.44. The zero-order valence-electron chi connectivity index (χ0n) is 9.39. The van der Waals surface area contributed by atoms with Crippen LogP contribution in [0.25, 0.3) is 0 Å². The SMILES string of the molecule is COC[C@H]1O[C@@H](CCCN)[C@H](OC)[C@@H]1O. The first-order valence-corrected chi connectivity index (χ1v) is 5.30. The van der Waals surface area contributed by atoms with Gasteiger partial charge in [-0.05, 0) is 19.4 Å². The van der Waals surface area contributed by atoms with E-state index in [4.69, 9.17) is 19.9 Å². The molecule has 1 rings (SSSR count). The Morgan fingerprint density at radius 2 is 2.07 bits per heavy atom. The van der Waals surface area contributed by atoms with Crippen LogP contribution in [0.3, 0.4) is 0 Å². The van der Waals surface area contributed by atoms with Crippen molar-refractivity contribution in [3.8, 4) is 0 Å². The standard InChI is InChI=1S/C10H21NO4/c1-13-6-8-9(12)10(14-2)7(15-8)4-3-5-11/h7-10,12H,3-6,11H2,1-2H3/t7-,8+,9+,10-/m0/s1. The molecule has 0 unspecified atom stereocenters. The van der Waals surface area contributed by atoms with Crippen LogP contribution in [-0.4, -0.2) is 56.9 Å². The van der Waals surface area contributed by atoms with Crippen molar-refractivity contribution >= 4 is 0 Å². The topological polar surface area (TPSA) is 73.9 Å². The largest absolute Gasteiger partial charge is 0.387 e. The first-order valence-electron chi connectivity index (χ1n) is 5.30. The highest BCUT2D eigenvalue weighted by atomic mass is 16.6. The minimum atomic E-state index is -0.613. The van der Waals surface area contributed by atoms with Crippen molar-refractivity contribution < 1.29 is 19.3 Å². The molecule has 0 aliphatic carbocycles. The van der Waals surface area contributed by atoms with Crippen LogP contribution < -0.4 is 5.73 Å². The lowest BCUT2D eigenvalue weighted by Gasteiger charge is -2.18. The summed E-state index contributed by atoms with van der Waals surface area (Å²) < 4.78 is 15.9. The zero-order chi connectivity index (χ0) is 11.3. The van der Waals surface area contributed by atoms with Crippen molar-refractivity contribution in [2.75, 3.05) is 27.4 Å². The zero-order valence-corrected chi connectivity index (χ0v) is 9.39. The molecule has 0 amide bonds. The van der Waals surface area contributed by atoms with Crippen LogP contribution in [0.5, 0.6) is 0 Å². The van der Waals surface area contributed by atoms with Crippen LogP contribution in [0.15, 0.2) is 0 Å². The van der Waals surface area contributed by atoms with Crippen molar-refractivity contribution in [3.05, 3.63) is 0 Å². The Morgan fingerprint density at radius 3 is 2.60 bits per heavy atom. The van der Waals surface area contributed by atoms with E-state index in [9.17, 15) is 5.11 Å². The predicted octanol–water partition coefficient (Wildman–Crippen LogP) is -0.485. The molecule has 1 aliphatic heterocycles. The molecule has 1 heterocycles. The van der Waals surface area contributed by atoms with E-state index < -0.39 is 6.10 Å². The monoisotopic (exact) mass is 219 g/mol. The molecular formula is C10H21NO4. The molecule has 0 saturated carbocycles. The molecule has 0 aromatic rings. The number of aliphatic hydroxyl groups excluding tert-OH is 1. The van der Waals surface area contributed by atoms with Crippen molar-refractivity contribution in [1.82, 2.24) is 0 Å². The Morgan fingerprint density at radius 1 is 1.33 bits per heavy atom. The van der Waals surface area contributed by atoms with Gasteiger partial charge in [-0.25, -0.2) is 0 Å². The maximum absolute atomic E-state index is 9.89. The van der Waals surface area contributed by atoms with Gasteiger partial charge in [0.15, 0.2) is 0 Å². The highest BCUT2D eigenvalue weighted by Crippen LogP contribution is 2.26. The van der Waals surface area contributed by atoms with Gasteiger partial charge in [-0.3, -0.25) is 0 Å². The molecule has 5 nitrogen and oxygen atoms in total. The molecule has 15 heavy (non-hydrogen) atoms. The maximum Gasteiger partial charge on any atom is 0.112 e. The molecule has 1 saturated heterocycles. The molecule has 0 bridgehead atoms. The van der Waals surface area contributed by atoms with E-state index >= 15 is 0 Å². The summed E-state index contributed by atoms with van der Waals surface area (Å²) in [6, 6.07) is 0. The highest BCUT2D eigenvalue weighted by molar-refractivity contribution is 4.91. The minimum absolute atomic E-state index is 0.0753. The van der Waals surface area contributed by atoms with Crippen molar-refractivity contribution in [1.29, 1.82) is 0 Å². The lowest BCUT2D eigenvalue weighted by molar-refractivity contribution is -0.0353. The van der Waals surface area contributed by atoms with E-state index in [1.54, 1.807) is 14.2 Å². The Balaban J connectivity index is 2.49. The summed E-state index contributed by atoms with van der Waals surface area (Å²) in [4.78, 5) is 0. The number of methoxy groups -OCH3 is 2. The Hall–Kier alpha value is -0.200. The molecule has 0 spiro atoms. The molecule has 1 fully saturated rings. The Bertz CT molecular complexity index is 179. The number of ether oxygens (including phenoxy) is 3. The number of rotatable bonds is 6. The number of hydrogen-bond donors (Lipinski definition) is 2. The third-order valence-electron chi connectivity index (χ3n) is 2.73. The molecule has 90 valence electrons. The molecule has 0 aromatic carbocycles. The average molecular weight is 219 g/mol. The summed E-state index contributed by atoms with van der Waals surface area (Å²) in [6.07, 6.45) is 0.439. The summed E-state index contributed by atoms with van der Waals surface area (Å²) in [5, 5.41) is 9.89. The van der Waals surface area contributed by atoms with Crippen LogP contribution in [0, 0.1) is 0 Å². The van der Waals surface area contributed by atoms with Gasteiger partial charge in [0.2, 0.25) is 0 Å². The second-order valence-corrected chi connectivity index (χ2v) is 3.79. The third kappa shape index (κ3) is 3.12. The fraction of sp³-hybridized carbons (Fsp3) is 1.00. The average Bonchev–Trinajstić information content (AvgIpc) is 2.53. The molecular weight excluding hydrogens is 198 g/mol. The first kappa shape index (κ1) is 12.9. The van der Waals surface area contributed by atoms with Gasteiger partial charge < -0.3 is 25.1 Å². The van der Waals surface area contributed by atoms with Crippen LogP contribution in [-0.2, 0) is 14.2 Å². The molecule has 1 aliphatic rings. The van der Waals surface area contributed by atoms with Crippen LogP contribution in [0.2, 0.25) is 0 Å². The molecule has 3 N–H and O–H groups in total. The van der Waals surface area contributed by atoms with Crippen molar-refractivity contribution in [3.63, 3.8) is 0 Å². The van der Waals surface area contributed by atoms with Crippen molar-refractivity contribution in [2.45, 2.75) is 37.3 Å². The first-order chi connectivity index (χ1) is 7.24. The summed E-state index contributed by atoms with van der Waals surface area (Å²) in [5.74, 6) is 0. The minimum Gasteiger partial charge on any atom is -0.387 e. The van der Waals surface area contributed by atoms with E-state index in [1.807, 2.05) is 0 Å². The van der Waals surface area contributed by atoms with Gasteiger partial charge in [-0.15, -0.1) is 0 Å². The fourth-order valence-corrected chi connectivity index (χ4v) is 1.96. The lowest BCUT2D eigenvalue weighted by Crippen LogP contribution is -2.35. The van der Waals surface area contributed by atoms with Gasteiger partial charge in [-0.2, -0.15) is 0 Å². The Labute approximate surface area is 90.5 Å². The summed E-state index contributed by atoms with van der Waals surface area (Å²) >= 11 is 0. The van der Waals surface area contributed by atoms with Gasteiger partial charge in [0.1, 0.15) is 18.3 Å². The maximum atomic E-state index is 9.89. The predicted molar refractivity (Wildman–Crippen MR) is 55.6 cm³/mol. The lowest BCUT2D eigenvalue weighted by atomic mass is 10.0. The highest BCUT2D eigenvalue weighted by Gasteiger charge is 2.43. The molecule has 4 atom stereocenters. The van der Waals surface area contributed by atoms with Gasteiger partial charge >= 0.3 is 0 Å². The summed E-state index contributed by atoms with van der Waals surface area (Å²) in [7, 11) is 3.17. The number of nitrogens with two attached hydrogens (primary N) is 1. The molecule has 0 aromatic heterocycles. The smallest absolute Gasteiger partial charge is 0.112 e. The number of aliphatic hydroxyl groups is 1. The fourth-order valence-electron chi connectivity index (χ4n) is 1.96. The van der Waals surface area contributed by atoms with Gasteiger partial charge in [-0.1, -0.05) is 0 Å². The van der Waals surface area contributed by atoms with Crippen LogP contribution in [0.1, 0.15) is 12.8 Å². The number of hydrogen-bond acceptors (Lipinski definition) is 5. The second kappa shape index (κ2) is 6.40. The molecule has 5 heteroatoms. The van der Waals surface area contributed by atoms with Gasteiger partial charge in [0.05, 0.1) is 12.7 Å². The van der Waals surface area contributed by atoms with E-state index in [0.29, 0.717) is 13.2 Å². The molecule has 0 radical (unpaired) electrons. The van der Waals surface area contributed by atoms with Crippen LogP contribution >= 0.6 is 0 Å². The van der Waals surface area contributed by atoms with Gasteiger partial charge in [0.25, 0.3) is 0 Å². The van der Waals surface area contributed by atoms with E-state index in [1.165, 1.54) is 0 Å². The quantitative estimate of drug-likeness (QED) is 0.631. The Kier molecular flexibility index (Phi) is 5.49. The van der Waals surface area contributed by atoms with Crippen LogP contribution in [0.4, 0.5) is 0 Å².